The summed E-state index contributed by atoms with van der Waals surface area (Å²) in [4.78, 5) is 57.3. The van der Waals surface area contributed by atoms with E-state index in [1.54, 1.807) is 77.9 Å². The number of methoxy groups -OCH3 is 2. The van der Waals surface area contributed by atoms with E-state index in [4.69, 9.17) is 48.7 Å². The number of carbonyl (C=O) groups is 5. The number of halogens is 1. The van der Waals surface area contributed by atoms with E-state index in [2.05, 4.69) is 41.4 Å². The molecule has 0 fully saturated rings. The van der Waals surface area contributed by atoms with Crippen molar-refractivity contribution in [2.75, 3.05) is 14.2 Å². The second-order valence-electron chi connectivity index (χ2n) is 29.7. The third-order valence-electron chi connectivity index (χ3n) is 13.8. The maximum Gasteiger partial charge on any atom is 0.514 e. The van der Waals surface area contributed by atoms with Gasteiger partial charge in [-0.05, 0) is 180 Å². The molecule has 6 rings (SSSR count). The van der Waals surface area contributed by atoms with E-state index in [1.165, 1.54) is 62.2 Å². The number of aromatic carboxylic acids is 1. The fourth-order valence-electron chi connectivity index (χ4n) is 7.98. The van der Waals surface area contributed by atoms with Gasteiger partial charge in [-0.15, -0.1) is 0 Å². The number of carbonyl (C=O) groups excluding carboxylic acids is 4. The molecule has 0 spiro atoms. The standard InChI is InChI=1S/C17H24O5.C16H24O2.C14H22O.C12H16O3.C11H14O3.C10H13BrO/c1-16(2,3)11-8-9-13(12(10-11)14(18)20-7)21-15(19)22-17(4,5)6;1-11(17)18-14-9-8-12(15(2,3)4)10-13(14)16(5,6)7;1-13(2,3)10-7-8-12(15)11(9-10)14(4,5)6;1-12(2,3)8-5-6-10(13)9(7-8)11(14)15-4;1-11(2,3)7-4-5-9(12)8(6-7)10(13)14;1-10(2,3)7-4-5-9(12)8(11)6-7/h8-10H,1-7H3;8-10H,1-7H3;7-9,15H,1-6H3;5-7,13H,1-4H3;4-6,12H,1-3H3,(H,13,14);4-6,12H,1-3H3/i;5D3,6D3,7D3;4D3,5D3,6D3;;;. The molecule has 0 atom stereocenters. The number of rotatable bonds is 5. The molecule has 6 aromatic carbocycles. The van der Waals surface area contributed by atoms with Crippen LogP contribution in [0.4, 0.5) is 4.79 Å². The number of aromatic hydroxyl groups is 4. The molecule has 0 aliphatic rings. The number of hydrogen-bond donors (Lipinski definition) is 5. The Balaban J connectivity index is 0.000000698. The molecule has 0 aliphatic heterocycles. The van der Waals surface area contributed by atoms with Crippen LogP contribution < -0.4 is 9.47 Å². The summed E-state index contributed by atoms with van der Waals surface area (Å²) >= 11 is 3.29. The molecule has 6 aromatic rings. The molecule has 0 aromatic heterocycles. The van der Waals surface area contributed by atoms with Crippen molar-refractivity contribution in [2.45, 2.75) is 242 Å². The SMILES string of the molecule is CC(C)(C)c1ccc(O)c(Br)c1.CC(C)(C)c1ccc(O)c(C(=O)O)c1.COC(=O)c1cc(C(C)(C)C)ccc1O.COC(=O)c1cc(C(C)(C)C)ccc1OC(=O)OC(C)(C)C.[2H]C([2H])([2H])C(c1cc(C(C)(C)C)ccc1O)(C([2H])([2H])[2H])C([2H])([2H])[2H].[2H]C([2H])([2H])C(c1cc(C(C)(C)C)ccc1OC(C)=O)(C([2H])([2H])[2H])C([2H])([2H])[2H]. The van der Waals surface area contributed by atoms with Crippen LogP contribution in [0.15, 0.2) is 114 Å². The predicted molar refractivity (Wildman–Crippen MR) is 390 cm³/mol. The van der Waals surface area contributed by atoms with E-state index in [0.29, 0.717) is 16.9 Å². The Morgan fingerprint density at radius 2 is 0.688 bits per heavy atom. The molecule has 0 saturated carbocycles. The monoisotopic (exact) mass is 1410 g/mol. The van der Waals surface area contributed by atoms with Crippen LogP contribution in [0.5, 0.6) is 34.5 Å². The highest BCUT2D eigenvalue weighted by Gasteiger charge is 2.28. The van der Waals surface area contributed by atoms with Gasteiger partial charge in [0, 0.05) is 37.2 Å². The molecule has 530 valence electrons. The number of hydrogen-bond acceptors (Lipinski definition) is 14. The molecule has 0 aliphatic carbocycles. The number of carboxylic acids is 1. The second kappa shape index (κ2) is 33.9. The zero-order chi connectivity index (χ0) is 90.0. The Bertz CT molecular complexity index is 4240. The first-order valence-corrected chi connectivity index (χ1v) is 31.2. The van der Waals surface area contributed by atoms with Crippen molar-refractivity contribution in [3.8, 4) is 34.5 Å². The topological polar surface area (TPSA) is 233 Å². The maximum atomic E-state index is 11.9. The van der Waals surface area contributed by atoms with Crippen LogP contribution in [0.2, 0.25) is 0 Å². The smallest absolute Gasteiger partial charge is 0.508 e. The minimum atomic E-state index is -3.44. The molecule has 0 unspecified atom stereocenters. The van der Waals surface area contributed by atoms with Crippen LogP contribution in [0.25, 0.3) is 0 Å². The van der Waals surface area contributed by atoms with E-state index < -0.39 is 115 Å². The Morgan fingerprint density at radius 3 is 1.05 bits per heavy atom. The zero-order valence-corrected chi connectivity index (χ0v) is 61.7. The van der Waals surface area contributed by atoms with Gasteiger partial charge >= 0.3 is 30.0 Å². The van der Waals surface area contributed by atoms with Crippen LogP contribution in [0.3, 0.4) is 0 Å². The third kappa shape index (κ3) is 28.8. The summed E-state index contributed by atoms with van der Waals surface area (Å²) in [6, 6.07) is 28.2. The summed E-state index contributed by atoms with van der Waals surface area (Å²) in [5.74, 6) is -3.88. The quantitative estimate of drug-likeness (QED) is 0.0467. The van der Waals surface area contributed by atoms with Gasteiger partial charge in [-0.2, -0.15) is 0 Å². The zero-order valence-electron chi connectivity index (χ0n) is 78.1. The summed E-state index contributed by atoms with van der Waals surface area (Å²) in [6.07, 6.45) is -0.860. The number of phenolic OH excluding ortho intramolecular Hbond substituents is 3. The van der Waals surface area contributed by atoms with E-state index in [9.17, 15) is 44.4 Å². The average molecular weight is 1410 g/mol. The van der Waals surface area contributed by atoms with Crippen molar-refractivity contribution in [1.29, 1.82) is 0 Å². The summed E-state index contributed by atoms with van der Waals surface area (Å²) in [7, 11) is 2.58. The highest BCUT2D eigenvalue weighted by atomic mass is 79.9. The van der Waals surface area contributed by atoms with Crippen molar-refractivity contribution in [1.82, 2.24) is 0 Å². The second-order valence-corrected chi connectivity index (χ2v) is 30.6. The van der Waals surface area contributed by atoms with Gasteiger partial charge in [-0.1, -0.05) is 214 Å². The van der Waals surface area contributed by atoms with Crippen molar-refractivity contribution in [3.63, 3.8) is 0 Å². The van der Waals surface area contributed by atoms with Gasteiger partial charge in [0.15, 0.2) is 0 Å². The molecular formula is C80H113BrO15. The summed E-state index contributed by atoms with van der Waals surface area (Å²) in [5.41, 5.74) is -4.04. The minimum Gasteiger partial charge on any atom is -0.508 e. The molecule has 15 nitrogen and oxygen atoms in total. The molecule has 0 heterocycles. The lowest BCUT2D eigenvalue weighted by molar-refractivity contribution is -0.132. The third-order valence-corrected chi connectivity index (χ3v) is 14.4. The molecule has 0 bridgehead atoms. The maximum absolute atomic E-state index is 11.9. The van der Waals surface area contributed by atoms with Gasteiger partial charge in [-0.3, -0.25) is 4.79 Å². The van der Waals surface area contributed by atoms with Crippen LogP contribution in [0, 0.1) is 0 Å². The molecular weight excluding hydrogens is 1280 g/mol. The normalized spacial score (nSPS) is 15.5. The summed E-state index contributed by atoms with van der Waals surface area (Å²) in [5, 5.41) is 47.0. The van der Waals surface area contributed by atoms with Gasteiger partial charge in [0.1, 0.15) is 56.8 Å². The van der Waals surface area contributed by atoms with Gasteiger partial charge in [0.2, 0.25) is 0 Å². The number of carboxylic acid groups (broad SMARTS) is 1. The lowest BCUT2D eigenvalue weighted by Crippen LogP contribution is -2.26. The number of benzene rings is 6. The van der Waals surface area contributed by atoms with Crippen molar-refractivity contribution >= 4 is 46.0 Å². The molecule has 0 radical (unpaired) electrons. The lowest BCUT2D eigenvalue weighted by Gasteiger charge is -2.26. The van der Waals surface area contributed by atoms with E-state index >= 15 is 0 Å². The predicted octanol–water partition coefficient (Wildman–Crippen LogP) is 20.6. The summed E-state index contributed by atoms with van der Waals surface area (Å²) in [6.45, 7) is 21.2. The van der Waals surface area contributed by atoms with E-state index in [1.807, 2.05) is 107 Å². The lowest BCUT2D eigenvalue weighted by atomic mass is 9.80. The molecule has 5 N–H and O–H groups in total. The highest BCUT2D eigenvalue weighted by Crippen LogP contribution is 2.38. The summed E-state index contributed by atoms with van der Waals surface area (Å²) < 4.78 is 166. The first-order valence-electron chi connectivity index (χ1n) is 39.5. The van der Waals surface area contributed by atoms with E-state index in [-0.39, 0.29) is 61.3 Å². The fraction of sp³-hybridized carbons (Fsp3) is 0.487. The fourth-order valence-corrected chi connectivity index (χ4v) is 8.35. The Kier molecular flexibility index (Phi) is 21.0. The average Bonchev–Trinajstić information content (AvgIpc) is 0.707. The number of phenols is 4. The molecule has 96 heavy (non-hydrogen) atoms. The first-order chi connectivity index (χ1) is 50.7. The Hall–Kier alpha value is -7.85. The van der Waals surface area contributed by atoms with Crippen molar-refractivity contribution in [3.05, 3.63) is 175 Å². The van der Waals surface area contributed by atoms with Gasteiger partial charge in [-0.25, -0.2) is 19.2 Å². The number of esters is 3. The van der Waals surface area contributed by atoms with Crippen LogP contribution in [-0.2, 0) is 62.3 Å². The molecule has 0 amide bonds. The Labute approximate surface area is 607 Å². The Morgan fingerprint density at radius 1 is 0.375 bits per heavy atom. The van der Waals surface area contributed by atoms with Gasteiger partial charge in [0.05, 0.1) is 18.7 Å². The van der Waals surface area contributed by atoms with E-state index in [0.717, 1.165) is 34.2 Å². The molecule has 16 heteroatoms. The van der Waals surface area contributed by atoms with Crippen LogP contribution >= 0.6 is 15.9 Å². The van der Waals surface area contributed by atoms with Gasteiger partial charge in [0.25, 0.3) is 0 Å². The molecule has 0 saturated heterocycles. The van der Waals surface area contributed by atoms with Gasteiger partial charge < -0.3 is 49.2 Å². The van der Waals surface area contributed by atoms with Crippen LogP contribution in [0.1, 0.15) is 294 Å². The first kappa shape index (κ1) is 59.4. The van der Waals surface area contributed by atoms with Crippen molar-refractivity contribution < 1.29 is 97.9 Å². The highest BCUT2D eigenvalue weighted by molar-refractivity contribution is 9.10. The number of ether oxygens (including phenoxy) is 5. The largest absolute Gasteiger partial charge is 0.514 e. The minimum absolute atomic E-state index is 0.0441. The van der Waals surface area contributed by atoms with Crippen LogP contribution in [-0.4, -0.2) is 75.4 Å². The van der Waals surface area contributed by atoms with Crippen molar-refractivity contribution in [2.24, 2.45) is 0 Å².